The number of hydrogen-bond acceptors (Lipinski definition) is 8. The Morgan fingerprint density at radius 3 is 2.57 bits per heavy atom. The number of tetrazole rings is 1. The van der Waals surface area contributed by atoms with E-state index >= 15 is 0 Å². The summed E-state index contributed by atoms with van der Waals surface area (Å²) in [4.78, 5) is 24.7. The third-order valence-electron chi connectivity index (χ3n) is 6.13. The van der Waals surface area contributed by atoms with E-state index < -0.39 is 6.09 Å². The Balaban J connectivity index is 1.36. The van der Waals surface area contributed by atoms with Crippen LogP contribution in [0.2, 0.25) is 5.02 Å². The number of carbonyl (C=O) groups is 2. The number of aromatic nitrogens is 4. The molecule has 0 saturated carbocycles. The number of methoxy groups -OCH3 is 1. The van der Waals surface area contributed by atoms with E-state index in [0.717, 1.165) is 16.8 Å². The number of halogens is 1. The second-order valence-corrected chi connectivity index (χ2v) is 9.68. The fraction of sp³-hybridized carbons (Fsp3) is 0.233. The van der Waals surface area contributed by atoms with Crippen molar-refractivity contribution in [3.05, 3.63) is 107 Å². The van der Waals surface area contributed by atoms with Crippen LogP contribution >= 0.6 is 11.6 Å². The average molecular weight is 590 g/mol. The monoisotopic (exact) mass is 589 g/mol. The predicted molar refractivity (Wildman–Crippen MR) is 160 cm³/mol. The number of ether oxygens (including phenoxy) is 2. The molecule has 3 N–H and O–H groups in total. The molecule has 0 aliphatic carbocycles. The van der Waals surface area contributed by atoms with Gasteiger partial charge in [-0.05, 0) is 64.4 Å². The minimum atomic E-state index is -0.496. The summed E-state index contributed by atoms with van der Waals surface area (Å²) in [7, 11) is 1.55. The number of carbonyl (C=O) groups excluding carboxylic acids is 2. The summed E-state index contributed by atoms with van der Waals surface area (Å²) < 4.78 is 11.4. The Morgan fingerprint density at radius 1 is 1.02 bits per heavy atom. The smallest absolute Gasteiger partial charge is 0.407 e. The molecule has 1 unspecified atom stereocenters. The number of anilines is 1. The van der Waals surface area contributed by atoms with E-state index in [1.165, 1.54) is 17.1 Å². The van der Waals surface area contributed by atoms with Gasteiger partial charge in [0.15, 0.2) is 0 Å². The van der Waals surface area contributed by atoms with Crippen LogP contribution in [-0.4, -0.2) is 65.1 Å². The average Bonchev–Trinajstić information content (AvgIpc) is 3.54. The normalized spacial score (nSPS) is 11.7. The number of rotatable bonds is 14. The van der Waals surface area contributed by atoms with Crippen molar-refractivity contribution in [3.63, 3.8) is 0 Å². The van der Waals surface area contributed by atoms with Gasteiger partial charge < -0.3 is 25.4 Å². The molecule has 218 valence electrons. The van der Waals surface area contributed by atoms with Crippen molar-refractivity contribution >= 4 is 35.4 Å². The third kappa shape index (κ3) is 9.72. The summed E-state index contributed by atoms with van der Waals surface area (Å²) in [6.07, 6.45) is 4.77. The highest BCUT2D eigenvalue weighted by Crippen LogP contribution is 2.20. The Labute approximate surface area is 248 Å². The van der Waals surface area contributed by atoms with E-state index in [4.69, 9.17) is 21.1 Å². The summed E-state index contributed by atoms with van der Waals surface area (Å²) in [6.45, 7) is 1.38. The Morgan fingerprint density at radius 2 is 1.83 bits per heavy atom. The Hall–Kier alpha value is -4.74. The van der Waals surface area contributed by atoms with Crippen molar-refractivity contribution in [2.75, 3.05) is 32.2 Å². The minimum Gasteiger partial charge on any atom is -0.447 e. The molecule has 1 heterocycles. The van der Waals surface area contributed by atoms with Crippen molar-refractivity contribution in [2.45, 2.75) is 19.0 Å². The maximum absolute atomic E-state index is 13.0. The molecule has 0 spiro atoms. The van der Waals surface area contributed by atoms with Crippen molar-refractivity contribution in [3.8, 4) is 5.69 Å². The number of hydrogen-bond donors (Lipinski definition) is 3. The molecule has 0 fully saturated rings. The van der Waals surface area contributed by atoms with Gasteiger partial charge in [0.25, 0.3) is 0 Å². The van der Waals surface area contributed by atoms with E-state index in [2.05, 4.69) is 31.5 Å². The lowest BCUT2D eigenvalue weighted by molar-refractivity contribution is -0.117. The molecule has 0 aliphatic rings. The van der Waals surface area contributed by atoms with Crippen LogP contribution in [0.25, 0.3) is 11.8 Å². The summed E-state index contributed by atoms with van der Waals surface area (Å²) in [5.74, 6) is -0.251. The summed E-state index contributed by atoms with van der Waals surface area (Å²) in [5.41, 5.74) is 4.29. The lowest BCUT2D eigenvalue weighted by Crippen LogP contribution is -2.40. The molecule has 4 aromatic rings. The van der Waals surface area contributed by atoms with Crippen LogP contribution in [0.15, 0.2) is 85.2 Å². The lowest BCUT2D eigenvalue weighted by atomic mass is 10.1. The number of benzene rings is 3. The molecule has 0 saturated heterocycles. The van der Waals surface area contributed by atoms with Crippen molar-refractivity contribution in [1.29, 1.82) is 0 Å². The van der Waals surface area contributed by atoms with Gasteiger partial charge in [0.05, 0.1) is 18.3 Å². The maximum Gasteiger partial charge on any atom is 0.407 e. The number of nitrogens with one attached hydrogen (secondary N) is 3. The molecule has 4 rings (SSSR count). The van der Waals surface area contributed by atoms with Crippen molar-refractivity contribution in [2.24, 2.45) is 0 Å². The Kier molecular flexibility index (Phi) is 11.4. The zero-order chi connectivity index (χ0) is 29.6. The molecule has 0 bridgehead atoms. The van der Waals surface area contributed by atoms with Gasteiger partial charge in [-0.1, -0.05) is 54.1 Å². The summed E-state index contributed by atoms with van der Waals surface area (Å²) in [5, 5.41) is 21.0. The fourth-order valence-corrected chi connectivity index (χ4v) is 4.23. The second kappa shape index (κ2) is 15.9. The molecule has 11 nitrogen and oxygen atoms in total. The largest absolute Gasteiger partial charge is 0.447 e. The maximum atomic E-state index is 13.0. The first-order valence-corrected chi connectivity index (χ1v) is 13.7. The quantitative estimate of drug-likeness (QED) is 0.148. The van der Waals surface area contributed by atoms with Gasteiger partial charge in [-0.2, -0.15) is 4.68 Å². The second-order valence-electron chi connectivity index (χ2n) is 9.25. The number of amides is 2. The molecule has 1 atom stereocenters. The predicted octanol–water partition coefficient (Wildman–Crippen LogP) is 4.04. The number of alkyl carbamates (subject to hydrolysis) is 1. The van der Waals surface area contributed by atoms with Crippen LogP contribution in [-0.2, 0) is 27.2 Å². The third-order valence-corrected chi connectivity index (χ3v) is 6.37. The SMILES string of the molecule is COCCOC(=O)NCc1ccc(NCC(Cc2ccccc2)NC(=O)C=Cc2cc(Cl)ccc2-n2cnnn2)cc1. The molecular formula is C30H32ClN7O4. The van der Waals surface area contributed by atoms with Gasteiger partial charge in [0.2, 0.25) is 5.91 Å². The van der Waals surface area contributed by atoms with E-state index in [-0.39, 0.29) is 18.6 Å². The topological polar surface area (TPSA) is 132 Å². The molecule has 42 heavy (non-hydrogen) atoms. The highest BCUT2D eigenvalue weighted by Gasteiger charge is 2.13. The van der Waals surface area contributed by atoms with E-state index in [0.29, 0.717) is 42.4 Å². The first-order valence-electron chi connectivity index (χ1n) is 13.3. The van der Waals surface area contributed by atoms with Gasteiger partial charge in [0, 0.05) is 42.5 Å². The fourth-order valence-electron chi connectivity index (χ4n) is 4.05. The van der Waals surface area contributed by atoms with Crippen LogP contribution in [0.4, 0.5) is 10.5 Å². The van der Waals surface area contributed by atoms with Crippen molar-refractivity contribution in [1.82, 2.24) is 30.8 Å². The van der Waals surface area contributed by atoms with Crippen LogP contribution < -0.4 is 16.0 Å². The molecule has 1 aromatic heterocycles. The van der Waals surface area contributed by atoms with E-state index in [1.807, 2.05) is 54.6 Å². The molecule has 12 heteroatoms. The highest BCUT2D eigenvalue weighted by molar-refractivity contribution is 6.30. The summed E-state index contributed by atoms with van der Waals surface area (Å²) >= 11 is 6.20. The molecule has 0 aliphatic heterocycles. The molecule has 2 amide bonds. The summed E-state index contributed by atoms with van der Waals surface area (Å²) in [6, 6.07) is 22.7. The van der Waals surface area contributed by atoms with Gasteiger partial charge in [-0.3, -0.25) is 4.79 Å². The van der Waals surface area contributed by atoms with Gasteiger partial charge >= 0.3 is 6.09 Å². The molecule has 0 radical (unpaired) electrons. The van der Waals surface area contributed by atoms with Crippen LogP contribution in [0.3, 0.4) is 0 Å². The first-order chi connectivity index (χ1) is 20.5. The van der Waals surface area contributed by atoms with Crippen molar-refractivity contribution < 1.29 is 19.1 Å². The zero-order valence-corrected chi connectivity index (χ0v) is 23.8. The van der Waals surface area contributed by atoms with Gasteiger partial charge in [-0.15, -0.1) is 5.10 Å². The molecule has 3 aromatic carbocycles. The minimum absolute atomic E-state index is 0.198. The van der Waals surface area contributed by atoms with Crippen LogP contribution in [0.5, 0.6) is 0 Å². The standard InChI is InChI=1S/C30H32ClN7O4/c1-41-15-16-42-30(40)33-19-23-7-11-26(12-8-23)32-20-27(17-22-5-3-2-4-6-22)35-29(39)14-9-24-18-25(31)10-13-28(24)38-21-34-36-37-38/h2-14,18,21,27,32H,15-17,19-20H2,1H3,(H,33,40)(H,35,39). The lowest BCUT2D eigenvalue weighted by Gasteiger charge is -2.20. The van der Waals surface area contributed by atoms with Crippen LogP contribution in [0, 0.1) is 0 Å². The van der Waals surface area contributed by atoms with Gasteiger partial charge in [0.1, 0.15) is 12.9 Å². The van der Waals surface area contributed by atoms with E-state index in [9.17, 15) is 9.59 Å². The zero-order valence-electron chi connectivity index (χ0n) is 23.1. The first kappa shape index (κ1) is 30.2. The van der Waals surface area contributed by atoms with Crippen LogP contribution in [0.1, 0.15) is 16.7 Å². The number of nitrogens with zero attached hydrogens (tertiary/aromatic N) is 4. The molecular weight excluding hydrogens is 558 g/mol. The van der Waals surface area contributed by atoms with Gasteiger partial charge in [-0.25, -0.2) is 4.79 Å². The highest BCUT2D eigenvalue weighted by atomic mass is 35.5. The Bertz CT molecular complexity index is 1450. The van der Waals surface area contributed by atoms with E-state index in [1.54, 1.807) is 31.4 Å².